The standard InChI is InChI=1S/C13H13ClN2O4/c14-9-3-1-8(2-4-9)10-7-11(20-16-10)13(19)15-6-5-12(17)18/h1-4,11H,5-7H2,(H,15,19)(H,17,18)/p-1/t11-/m1/s1. The largest absolute Gasteiger partial charge is 0.550 e. The molecule has 1 atom stereocenters. The number of rotatable bonds is 5. The number of benzene rings is 1. The van der Waals surface area contributed by atoms with E-state index >= 15 is 0 Å². The molecule has 20 heavy (non-hydrogen) atoms. The summed E-state index contributed by atoms with van der Waals surface area (Å²) >= 11 is 5.79. The first-order valence-corrected chi connectivity index (χ1v) is 6.40. The number of carbonyl (C=O) groups is 2. The fourth-order valence-corrected chi connectivity index (χ4v) is 1.86. The molecule has 1 aliphatic rings. The van der Waals surface area contributed by atoms with Crippen molar-refractivity contribution in [3.63, 3.8) is 0 Å². The molecular formula is C13H12ClN2O4-. The van der Waals surface area contributed by atoms with E-state index in [2.05, 4.69) is 10.5 Å². The lowest BCUT2D eigenvalue weighted by atomic mass is 10.0. The molecule has 0 aromatic heterocycles. The summed E-state index contributed by atoms with van der Waals surface area (Å²) in [7, 11) is 0. The van der Waals surface area contributed by atoms with Gasteiger partial charge in [0.15, 0.2) is 0 Å². The third-order valence-corrected chi connectivity index (χ3v) is 3.02. The van der Waals surface area contributed by atoms with Gasteiger partial charge in [-0.15, -0.1) is 0 Å². The molecule has 0 aliphatic carbocycles. The number of hydrogen-bond acceptors (Lipinski definition) is 5. The van der Waals surface area contributed by atoms with Crippen LogP contribution >= 0.6 is 11.6 Å². The summed E-state index contributed by atoms with van der Waals surface area (Å²) in [6, 6.07) is 7.04. The highest BCUT2D eigenvalue weighted by Crippen LogP contribution is 2.18. The first kappa shape index (κ1) is 14.3. The summed E-state index contributed by atoms with van der Waals surface area (Å²) < 4.78 is 0. The maximum atomic E-state index is 11.7. The van der Waals surface area contributed by atoms with Crippen molar-refractivity contribution in [2.45, 2.75) is 18.9 Å². The number of nitrogens with zero attached hydrogens (tertiary/aromatic N) is 1. The van der Waals surface area contributed by atoms with Crippen LogP contribution in [0.1, 0.15) is 18.4 Å². The summed E-state index contributed by atoms with van der Waals surface area (Å²) in [5, 5.41) is 17.2. The number of aliphatic carboxylic acids is 1. The number of carboxylic acids is 1. The average molecular weight is 296 g/mol. The molecule has 0 unspecified atom stereocenters. The van der Waals surface area contributed by atoms with E-state index in [1.807, 2.05) is 0 Å². The molecule has 1 aliphatic heterocycles. The first-order valence-electron chi connectivity index (χ1n) is 6.02. The Morgan fingerprint density at radius 2 is 2.10 bits per heavy atom. The molecule has 7 heteroatoms. The number of halogens is 1. The Hall–Kier alpha value is -2.08. The number of nitrogens with one attached hydrogen (secondary N) is 1. The number of carbonyl (C=O) groups excluding carboxylic acids is 2. The van der Waals surface area contributed by atoms with Crippen molar-refractivity contribution in [1.82, 2.24) is 5.32 Å². The molecule has 0 spiro atoms. The zero-order valence-corrected chi connectivity index (χ0v) is 11.2. The van der Waals surface area contributed by atoms with Crippen molar-refractivity contribution in [1.29, 1.82) is 0 Å². The third-order valence-electron chi connectivity index (χ3n) is 2.77. The van der Waals surface area contributed by atoms with Gasteiger partial charge in [-0.3, -0.25) is 4.79 Å². The van der Waals surface area contributed by atoms with Gasteiger partial charge in [-0.05, 0) is 17.7 Å². The quantitative estimate of drug-likeness (QED) is 0.833. The molecule has 0 saturated heterocycles. The molecule has 0 fully saturated rings. The second-order valence-corrected chi connectivity index (χ2v) is 4.69. The van der Waals surface area contributed by atoms with Gasteiger partial charge in [-0.2, -0.15) is 0 Å². The highest BCUT2D eigenvalue weighted by molar-refractivity contribution is 6.30. The summed E-state index contributed by atoms with van der Waals surface area (Å²) in [6.07, 6.45) is -0.635. The predicted octanol–water partition coefficient (Wildman–Crippen LogP) is 0.0892. The summed E-state index contributed by atoms with van der Waals surface area (Å²) in [6.45, 7) is 0.0112. The van der Waals surface area contributed by atoms with E-state index in [-0.39, 0.29) is 18.9 Å². The maximum Gasteiger partial charge on any atom is 0.264 e. The van der Waals surface area contributed by atoms with Crippen LogP contribution in [-0.4, -0.2) is 30.2 Å². The lowest BCUT2D eigenvalue weighted by Gasteiger charge is -2.09. The van der Waals surface area contributed by atoms with E-state index in [1.54, 1.807) is 24.3 Å². The highest BCUT2D eigenvalue weighted by Gasteiger charge is 2.28. The SMILES string of the molecule is O=C([O-])CCNC(=O)[C@H]1CC(c2ccc(Cl)cc2)=NO1. The fourth-order valence-electron chi connectivity index (χ4n) is 1.73. The fraction of sp³-hybridized carbons (Fsp3) is 0.308. The van der Waals surface area contributed by atoms with Gasteiger partial charge in [0.25, 0.3) is 5.91 Å². The summed E-state index contributed by atoms with van der Waals surface area (Å²) in [5.41, 5.74) is 1.49. The Labute approximate surface area is 120 Å². The van der Waals surface area contributed by atoms with Gasteiger partial charge >= 0.3 is 0 Å². The number of carboxylic acid groups (broad SMARTS) is 1. The van der Waals surface area contributed by atoms with Crippen LogP contribution in [0.3, 0.4) is 0 Å². The van der Waals surface area contributed by atoms with Gasteiger partial charge in [0, 0.05) is 30.4 Å². The molecule has 1 heterocycles. The zero-order valence-electron chi connectivity index (χ0n) is 10.5. The molecule has 1 aromatic rings. The van der Waals surface area contributed by atoms with E-state index in [0.717, 1.165) is 5.56 Å². The molecule has 1 amide bonds. The number of oxime groups is 1. The van der Waals surface area contributed by atoms with E-state index in [9.17, 15) is 14.7 Å². The van der Waals surface area contributed by atoms with Gasteiger partial charge < -0.3 is 20.1 Å². The Morgan fingerprint density at radius 3 is 2.75 bits per heavy atom. The van der Waals surface area contributed by atoms with Gasteiger partial charge in [0.05, 0.1) is 5.71 Å². The van der Waals surface area contributed by atoms with Crippen molar-refractivity contribution >= 4 is 29.2 Å². The van der Waals surface area contributed by atoms with Crippen molar-refractivity contribution in [3.8, 4) is 0 Å². The average Bonchev–Trinajstić information content (AvgIpc) is 2.88. The van der Waals surface area contributed by atoms with Gasteiger partial charge in [0.1, 0.15) is 0 Å². The van der Waals surface area contributed by atoms with Gasteiger partial charge in [-0.25, -0.2) is 0 Å². The lowest BCUT2D eigenvalue weighted by Crippen LogP contribution is -2.37. The molecule has 0 bridgehead atoms. The Kier molecular flexibility index (Phi) is 4.57. The van der Waals surface area contributed by atoms with Crippen LogP contribution in [0.2, 0.25) is 5.02 Å². The number of amides is 1. The van der Waals surface area contributed by atoms with Crippen LogP contribution in [0.4, 0.5) is 0 Å². The van der Waals surface area contributed by atoms with Crippen LogP contribution in [0.5, 0.6) is 0 Å². The van der Waals surface area contributed by atoms with Crippen LogP contribution in [-0.2, 0) is 14.4 Å². The lowest BCUT2D eigenvalue weighted by molar-refractivity contribution is -0.305. The summed E-state index contributed by atoms with van der Waals surface area (Å²) in [5.74, 6) is -1.60. The first-order chi connectivity index (χ1) is 9.56. The Morgan fingerprint density at radius 1 is 1.40 bits per heavy atom. The topological polar surface area (TPSA) is 90.8 Å². The van der Waals surface area contributed by atoms with E-state index in [4.69, 9.17) is 16.4 Å². The second-order valence-electron chi connectivity index (χ2n) is 4.26. The molecule has 2 rings (SSSR count). The predicted molar refractivity (Wildman–Crippen MR) is 70.1 cm³/mol. The molecule has 1 N–H and O–H groups in total. The maximum absolute atomic E-state index is 11.7. The van der Waals surface area contributed by atoms with Crippen molar-refractivity contribution in [3.05, 3.63) is 34.9 Å². The normalized spacial score (nSPS) is 17.2. The van der Waals surface area contributed by atoms with E-state index in [1.165, 1.54) is 0 Å². The van der Waals surface area contributed by atoms with E-state index < -0.39 is 12.1 Å². The Balaban J connectivity index is 1.86. The molecule has 1 aromatic carbocycles. The minimum Gasteiger partial charge on any atom is -0.550 e. The number of hydrogen-bond donors (Lipinski definition) is 1. The zero-order chi connectivity index (χ0) is 14.5. The van der Waals surface area contributed by atoms with Crippen LogP contribution < -0.4 is 10.4 Å². The van der Waals surface area contributed by atoms with E-state index in [0.29, 0.717) is 17.2 Å². The van der Waals surface area contributed by atoms with Crippen molar-refractivity contribution in [2.24, 2.45) is 5.16 Å². The highest BCUT2D eigenvalue weighted by atomic mass is 35.5. The molecule has 0 radical (unpaired) electrons. The van der Waals surface area contributed by atoms with Crippen molar-refractivity contribution in [2.75, 3.05) is 6.54 Å². The van der Waals surface area contributed by atoms with Gasteiger partial charge in [-0.1, -0.05) is 28.9 Å². The summed E-state index contributed by atoms with van der Waals surface area (Å²) in [4.78, 5) is 27.0. The smallest absolute Gasteiger partial charge is 0.264 e. The molecule has 106 valence electrons. The minimum atomic E-state index is -1.21. The van der Waals surface area contributed by atoms with Crippen LogP contribution in [0.25, 0.3) is 0 Å². The molecular weight excluding hydrogens is 284 g/mol. The second kappa shape index (κ2) is 6.38. The van der Waals surface area contributed by atoms with Crippen molar-refractivity contribution < 1.29 is 19.5 Å². The monoisotopic (exact) mass is 295 g/mol. The van der Waals surface area contributed by atoms with Crippen LogP contribution in [0, 0.1) is 0 Å². The minimum absolute atomic E-state index is 0.0112. The molecule has 6 nitrogen and oxygen atoms in total. The third kappa shape index (κ3) is 3.71. The Bertz CT molecular complexity index is 542. The molecule has 0 saturated carbocycles. The van der Waals surface area contributed by atoms with Gasteiger partial charge in [0.2, 0.25) is 6.10 Å². The van der Waals surface area contributed by atoms with Crippen LogP contribution in [0.15, 0.2) is 29.4 Å².